The molecule has 0 fully saturated rings. The molecule has 5 nitrogen and oxygen atoms in total. The number of hydrogen-bond acceptors (Lipinski definition) is 4. The quantitative estimate of drug-likeness (QED) is 0.666. The van der Waals surface area contributed by atoms with E-state index in [4.69, 9.17) is 4.74 Å². The number of halogens is 1. The summed E-state index contributed by atoms with van der Waals surface area (Å²) in [5, 5.41) is 2.56. The van der Waals surface area contributed by atoms with E-state index < -0.39 is 23.8 Å². The smallest absolute Gasteiger partial charge is 0.339 e. The highest BCUT2D eigenvalue weighted by Crippen LogP contribution is 2.17. The molecule has 0 heterocycles. The van der Waals surface area contributed by atoms with Crippen LogP contribution in [-0.2, 0) is 9.53 Å². The summed E-state index contributed by atoms with van der Waals surface area (Å²) in [4.78, 5) is 35.8. The van der Waals surface area contributed by atoms with Crippen LogP contribution in [0, 0.1) is 12.7 Å². The van der Waals surface area contributed by atoms with Crippen molar-refractivity contribution >= 4 is 23.3 Å². The molecule has 25 heavy (non-hydrogen) atoms. The first-order valence-electron chi connectivity index (χ1n) is 7.67. The number of aryl methyl sites for hydroxylation is 1. The van der Waals surface area contributed by atoms with E-state index in [0.29, 0.717) is 16.8 Å². The summed E-state index contributed by atoms with van der Waals surface area (Å²) in [5.41, 5.74) is 1.12. The van der Waals surface area contributed by atoms with Crippen molar-refractivity contribution in [2.45, 2.75) is 26.9 Å². The monoisotopic (exact) mass is 343 g/mol. The maximum atomic E-state index is 13.5. The molecular formula is C19H18FNO4. The Hall–Kier alpha value is -3.02. The van der Waals surface area contributed by atoms with E-state index in [1.807, 2.05) is 0 Å². The summed E-state index contributed by atoms with van der Waals surface area (Å²) in [6.45, 7) is 4.36. The molecule has 6 heteroatoms. The van der Waals surface area contributed by atoms with E-state index in [1.165, 1.54) is 26.0 Å². The standard InChI is InChI=1S/C19H18FNO4/c1-11-8-9-14(10-16(11)20)19(24)25-13(3)18(23)21-17-7-5-4-6-15(17)12(2)22/h4-10,13H,1-3H3,(H,21,23)/t13-/m1/s1. The number of esters is 1. The fraction of sp³-hybridized carbons (Fsp3) is 0.211. The van der Waals surface area contributed by atoms with E-state index in [-0.39, 0.29) is 11.3 Å². The largest absolute Gasteiger partial charge is 0.449 e. The summed E-state index contributed by atoms with van der Waals surface area (Å²) in [6.07, 6.45) is -1.11. The van der Waals surface area contributed by atoms with Gasteiger partial charge in [-0.3, -0.25) is 9.59 Å². The summed E-state index contributed by atoms with van der Waals surface area (Å²) < 4.78 is 18.6. The van der Waals surface area contributed by atoms with Crippen LogP contribution in [0.5, 0.6) is 0 Å². The number of carbonyl (C=O) groups excluding carboxylic acids is 3. The van der Waals surface area contributed by atoms with Crippen molar-refractivity contribution < 1.29 is 23.5 Å². The second-order valence-electron chi connectivity index (χ2n) is 5.60. The fourth-order valence-electron chi connectivity index (χ4n) is 2.14. The van der Waals surface area contributed by atoms with Crippen LogP contribution in [0.15, 0.2) is 42.5 Å². The number of nitrogens with one attached hydrogen (secondary N) is 1. The molecule has 1 N–H and O–H groups in total. The van der Waals surface area contributed by atoms with Crippen LogP contribution in [0.4, 0.5) is 10.1 Å². The number of Topliss-reactive ketones (excluding diaryl/α,β-unsaturated/α-hetero) is 1. The zero-order valence-corrected chi connectivity index (χ0v) is 14.1. The lowest BCUT2D eigenvalue weighted by molar-refractivity contribution is -0.123. The molecule has 0 radical (unpaired) electrons. The molecule has 0 aliphatic heterocycles. The van der Waals surface area contributed by atoms with Crippen molar-refractivity contribution in [3.63, 3.8) is 0 Å². The van der Waals surface area contributed by atoms with E-state index >= 15 is 0 Å². The SMILES string of the molecule is CC(=O)c1ccccc1NC(=O)[C@@H](C)OC(=O)c1ccc(C)c(F)c1. The minimum Gasteiger partial charge on any atom is -0.449 e. The highest BCUT2D eigenvalue weighted by atomic mass is 19.1. The molecule has 0 aliphatic rings. The van der Waals surface area contributed by atoms with E-state index in [1.54, 1.807) is 31.2 Å². The first-order valence-corrected chi connectivity index (χ1v) is 7.67. The van der Waals surface area contributed by atoms with E-state index in [0.717, 1.165) is 6.07 Å². The van der Waals surface area contributed by atoms with Crippen molar-refractivity contribution in [1.82, 2.24) is 0 Å². The van der Waals surface area contributed by atoms with Gasteiger partial charge < -0.3 is 10.1 Å². The number of carbonyl (C=O) groups is 3. The third-order valence-electron chi connectivity index (χ3n) is 3.62. The Morgan fingerprint density at radius 2 is 1.80 bits per heavy atom. The Labute approximate surface area is 144 Å². The van der Waals surface area contributed by atoms with Crippen molar-refractivity contribution in [2.75, 3.05) is 5.32 Å². The van der Waals surface area contributed by atoms with Gasteiger partial charge in [-0.25, -0.2) is 9.18 Å². The van der Waals surface area contributed by atoms with Gasteiger partial charge in [0.2, 0.25) is 0 Å². The van der Waals surface area contributed by atoms with Crippen LogP contribution in [0.1, 0.15) is 40.1 Å². The molecule has 0 saturated heterocycles. The highest BCUT2D eigenvalue weighted by molar-refractivity contribution is 6.05. The summed E-state index contributed by atoms with van der Waals surface area (Å²) in [6, 6.07) is 10.5. The number of amides is 1. The fourth-order valence-corrected chi connectivity index (χ4v) is 2.14. The number of rotatable bonds is 5. The van der Waals surface area contributed by atoms with Gasteiger partial charge in [-0.1, -0.05) is 18.2 Å². The lowest BCUT2D eigenvalue weighted by Gasteiger charge is -2.15. The third kappa shape index (κ3) is 4.50. The van der Waals surface area contributed by atoms with Gasteiger partial charge in [0.1, 0.15) is 5.82 Å². The first-order chi connectivity index (χ1) is 11.8. The Kier molecular flexibility index (Phi) is 5.64. The number of hydrogen-bond donors (Lipinski definition) is 1. The van der Waals surface area contributed by atoms with Gasteiger partial charge in [-0.05, 0) is 50.6 Å². The minimum atomic E-state index is -1.11. The summed E-state index contributed by atoms with van der Waals surface area (Å²) in [5.74, 6) is -2.12. The van der Waals surface area contributed by atoms with E-state index in [9.17, 15) is 18.8 Å². The zero-order chi connectivity index (χ0) is 18.6. The molecule has 2 aromatic rings. The van der Waals surface area contributed by atoms with Gasteiger partial charge in [0, 0.05) is 5.56 Å². The van der Waals surface area contributed by atoms with E-state index in [2.05, 4.69) is 5.32 Å². The number of ketones is 1. The zero-order valence-electron chi connectivity index (χ0n) is 14.1. The number of ether oxygens (including phenoxy) is 1. The Balaban J connectivity index is 2.06. The normalized spacial score (nSPS) is 11.5. The summed E-state index contributed by atoms with van der Waals surface area (Å²) in [7, 11) is 0. The average molecular weight is 343 g/mol. The van der Waals surface area contributed by atoms with Crippen molar-refractivity contribution in [1.29, 1.82) is 0 Å². The number of benzene rings is 2. The predicted octanol–water partition coefficient (Wildman–Crippen LogP) is 3.52. The molecule has 0 aromatic heterocycles. The average Bonchev–Trinajstić information content (AvgIpc) is 2.57. The van der Waals surface area contributed by atoms with Crippen LogP contribution in [0.2, 0.25) is 0 Å². The van der Waals surface area contributed by atoms with Crippen LogP contribution < -0.4 is 5.32 Å². The van der Waals surface area contributed by atoms with Crippen LogP contribution in [0.25, 0.3) is 0 Å². The molecule has 1 amide bonds. The van der Waals surface area contributed by atoms with Crippen LogP contribution in [-0.4, -0.2) is 23.8 Å². The van der Waals surface area contributed by atoms with Gasteiger partial charge in [-0.2, -0.15) is 0 Å². The number of anilines is 1. The molecule has 0 aliphatic carbocycles. The molecule has 0 bridgehead atoms. The predicted molar refractivity (Wildman–Crippen MR) is 91.1 cm³/mol. The second kappa shape index (κ2) is 7.70. The maximum absolute atomic E-state index is 13.5. The molecule has 2 aromatic carbocycles. The molecule has 0 spiro atoms. The summed E-state index contributed by atoms with van der Waals surface area (Å²) >= 11 is 0. The Bertz CT molecular complexity index is 832. The maximum Gasteiger partial charge on any atom is 0.339 e. The first kappa shape index (κ1) is 18.3. The Morgan fingerprint density at radius 3 is 2.44 bits per heavy atom. The van der Waals surface area contributed by atoms with Crippen LogP contribution in [0.3, 0.4) is 0 Å². The van der Waals surface area contributed by atoms with Gasteiger partial charge in [0.25, 0.3) is 5.91 Å². The van der Waals surface area contributed by atoms with Gasteiger partial charge >= 0.3 is 5.97 Å². The molecule has 130 valence electrons. The third-order valence-corrected chi connectivity index (χ3v) is 3.62. The van der Waals surface area contributed by atoms with Crippen molar-refractivity contribution in [3.8, 4) is 0 Å². The van der Waals surface area contributed by atoms with Crippen molar-refractivity contribution in [3.05, 3.63) is 65.0 Å². The Morgan fingerprint density at radius 1 is 1.12 bits per heavy atom. The van der Waals surface area contributed by atoms with Gasteiger partial charge in [0.15, 0.2) is 11.9 Å². The van der Waals surface area contributed by atoms with Gasteiger partial charge in [0.05, 0.1) is 11.3 Å². The van der Waals surface area contributed by atoms with Gasteiger partial charge in [-0.15, -0.1) is 0 Å². The molecule has 1 atom stereocenters. The minimum absolute atomic E-state index is 0.0203. The lowest BCUT2D eigenvalue weighted by atomic mass is 10.1. The molecule has 0 unspecified atom stereocenters. The molecule has 2 rings (SSSR count). The topological polar surface area (TPSA) is 72.5 Å². The molecule has 0 saturated carbocycles. The van der Waals surface area contributed by atoms with Crippen molar-refractivity contribution in [2.24, 2.45) is 0 Å². The lowest BCUT2D eigenvalue weighted by Crippen LogP contribution is -2.30. The molecular weight excluding hydrogens is 325 g/mol. The highest BCUT2D eigenvalue weighted by Gasteiger charge is 2.21. The second-order valence-corrected chi connectivity index (χ2v) is 5.60. The van der Waals surface area contributed by atoms with Crippen LogP contribution >= 0.6 is 0 Å². The number of para-hydroxylation sites is 1.